The van der Waals surface area contributed by atoms with Gasteiger partial charge < -0.3 is 20.8 Å². The van der Waals surface area contributed by atoms with E-state index in [0.717, 1.165) is 13.1 Å². The molecule has 1 saturated heterocycles. The molecule has 0 saturated carbocycles. The second-order valence-electron chi connectivity index (χ2n) is 4.21. The number of rotatable bonds is 2. The van der Waals surface area contributed by atoms with Crippen molar-refractivity contribution in [1.29, 1.82) is 0 Å². The van der Waals surface area contributed by atoms with Gasteiger partial charge in [-0.3, -0.25) is 0 Å². The lowest BCUT2D eigenvalue weighted by molar-refractivity contribution is 0.0694. The van der Waals surface area contributed by atoms with Crippen molar-refractivity contribution >= 4 is 5.97 Å². The molecule has 4 N–H and O–H groups in total. The fourth-order valence-electron chi connectivity index (χ4n) is 2.11. The molecule has 1 atom stereocenters. The Labute approximate surface area is 99.5 Å². The summed E-state index contributed by atoms with van der Waals surface area (Å²) in [5, 5.41) is 25.6. The van der Waals surface area contributed by atoms with Gasteiger partial charge in [-0.15, -0.1) is 0 Å². The summed E-state index contributed by atoms with van der Waals surface area (Å²) in [5.74, 6) is -0.936. The molecule has 0 spiro atoms. The van der Waals surface area contributed by atoms with E-state index in [1.807, 2.05) is 0 Å². The smallest absolute Gasteiger partial charge is 0.336 e. The Bertz CT molecular complexity index is 440. The summed E-state index contributed by atoms with van der Waals surface area (Å²) >= 11 is 0. The van der Waals surface area contributed by atoms with Crippen LogP contribution in [-0.4, -0.2) is 35.8 Å². The van der Waals surface area contributed by atoms with E-state index in [1.165, 1.54) is 0 Å². The molecule has 2 rings (SSSR count). The molecule has 1 fully saturated rings. The zero-order valence-electron chi connectivity index (χ0n) is 9.66. The van der Waals surface area contributed by atoms with E-state index in [1.54, 1.807) is 19.1 Å². The third-order valence-corrected chi connectivity index (χ3v) is 3.04. The lowest BCUT2D eigenvalue weighted by atomic mass is 9.95. The van der Waals surface area contributed by atoms with E-state index >= 15 is 0 Å². The first-order chi connectivity index (χ1) is 8.11. The van der Waals surface area contributed by atoms with E-state index in [9.17, 15) is 9.90 Å². The predicted molar refractivity (Wildman–Crippen MR) is 63.4 cm³/mol. The van der Waals surface area contributed by atoms with Crippen molar-refractivity contribution in [2.24, 2.45) is 0 Å². The fourth-order valence-corrected chi connectivity index (χ4v) is 2.11. The summed E-state index contributed by atoms with van der Waals surface area (Å²) in [6, 6.07) is 3.01. The Hall–Kier alpha value is -1.59. The third kappa shape index (κ3) is 2.25. The molecule has 1 aliphatic heterocycles. The number of nitrogens with one attached hydrogen (secondary N) is 2. The third-order valence-electron chi connectivity index (χ3n) is 3.04. The van der Waals surface area contributed by atoms with Gasteiger partial charge in [-0.1, -0.05) is 6.07 Å². The van der Waals surface area contributed by atoms with E-state index in [0.29, 0.717) is 17.7 Å². The second-order valence-corrected chi connectivity index (χ2v) is 4.21. The van der Waals surface area contributed by atoms with Crippen LogP contribution in [0.4, 0.5) is 0 Å². The molecule has 1 aromatic carbocycles. The van der Waals surface area contributed by atoms with Crippen molar-refractivity contribution in [3.05, 3.63) is 28.8 Å². The van der Waals surface area contributed by atoms with E-state index in [-0.39, 0.29) is 17.4 Å². The highest BCUT2D eigenvalue weighted by molar-refractivity contribution is 5.90. The van der Waals surface area contributed by atoms with Gasteiger partial charge in [-0.05, 0) is 18.6 Å². The molecular weight excluding hydrogens is 220 g/mol. The van der Waals surface area contributed by atoms with Crippen LogP contribution >= 0.6 is 0 Å². The molecule has 0 aliphatic carbocycles. The number of hydrogen-bond acceptors (Lipinski definition) is 4. The van der Waals surface area contributed by atoms with Gasteiger partial charge >= 0.3 is 5.97 Å². The van der Waals surface area contributed by atoms with Gasteiger partial charge in [0.05, 0.1) is 5.56 Å². The number of phenols is 1. The Morgan fingerprint density at radius 1 is 1.41 bits per heavy atom. The van der Waals surface area contributed by atoms with Crippen molar-refractivity contribution in [2.75, 3.05) is 19.6 Å². The molecule has 1 aromatic rings. The Balaban J connectivity index is 2.48. The summed E-state index contributed by atoms with van der Waals surface area (Å²) < 4.78 is 0. The topological polar surface area (TPSA) is 81.6 Å². The van der Waals surface area contributed by atoms with Crippen LogP contribution in [0.2, 0.25) is 0 Å². The summed E-state index contributed by atoms with van der Waals surface area (Å²) in [7, 11) is 0. The van der Waals surface area contributed by atoms with Gasteiger partial charge in [0.25, 0.3) is 0 Å². The van der Waals surface area contributed by atoms with Crippen LogP contribution in [-0.2, 0) is 0 Å². The number of carboxylic acid groups (broad SMARTS) is 1. The molecule has 1 aliphatic rings. The molecule has 5 nitrogen and oxygen atoms in total. The number of benzene rings is 1. The molecule has 0 aromatic heterocycles. The van der Waals surface area contributed by atoms with Crippen LogP contribution in [0.3, 0.4) is 0 Å². The number of carboxylic acids is 1. The fraction of sp³-hybridized carbons (Fsp3) is 0.417. The first kappa shape index (κ1) is 11.9. The van der Waals surface area contributed by atoms with Crippen molar-refractivity contribution < 1.29 is 15.0 Å². The average molecular weight is 236 g/mol. The Kier molecular flexibility index (Phi) is 3.31. The van der Waals surface area contributed by atoms with Gasteiger partial charge in [0.2, 0.25) is 0 Å². The molecule has 0 amide bonds. The maximum absolute atomic E-state index is 11.2. The van der Waals surface area contributed by atoms with Gasteiger partial charge in [0.15, 0.2) is 0 Å². The number of carbonyl (C=O) groups is 1. The molecule has 5 heteroatoms. The Morgan fingerprint density at radius 3 is 2.76 bits per heavy atom. The largest absolute Gasteiger partial charge is 0.507 e. The number of aromatic hydroxyl groups is 1. The molecule has 1 heterocycles. The maximum atomic E-state index is 11.2. The lowest BCUT2D eigenvalue weighted by Crippen LogP contribution is -2.43. The minimum atomic E-state index is -1.01. The van der Waals surface area contributed by atoms with Crippen LogP contribution in [0.15, 0.2) is 12.1 Å². The van der Waals surface area contributed by atoms with Gasteiger partial charge in [-0.2, -0.15) is 0 Å². The second kappa shape index (κ2) is 4.73. The molecule has 0 bridgehead atoms. The molecular formula is C12H16N2O3. The van der Waals surface area contributed by atoms with E-state index in [2.05, 4.69) is 10.6 Å². The highest BCUT2D eigenvalue weighted by Crippen LogP contribution is 2.31. The summed E-state index contributed by atoms with van der Waals surface area (Å²) in [4.78, 5) is 11.2. The van der Waals surface area contributed by atoms with Crippen molar-refractivity contribution in [3.63, 3.8) is 0 Å². The molecule has 0 radical (unpaired) electrons. The zero-order valence-corrected chi connectivity index (χ0v) is 9.66. The zero-order chi connectivity index (χ0) is 12.4. The molecule has 92 valence electrons. The van der Waals surface area contributed by atoms with Crippen LogP contribution in [0.1, 0.15) is 27.5 Å². The van der Waals surface area contributed by atoms with Crippen LogP contribution in [0.5, 0.6) is 5.75 Å². The highest BCUT2D eigenvalue weighted by Gasteiger charge is 2.24. The first-order valence-electron chi connectivity index (χ1n) is 5.61. The SMILES string of the molecule is Cc1ccc(C(=O)O)c([C@H]2CNCCN2)c1O. The highest BCUT2D eigenvalue weighted by atomic mass is 16.4. The van der Waals surface area contributed by atoms with Gasteiger partial charge in [0, 0.05) is 31.2 Å². The number of phenolic OH excluding ortho intramolecular Hbond substituents is 1. The summed E-state index contributed by atoms with van der Waals surface area (Å²) in [6.45, 7) is 4.00. The lowest BCUT2D eigenvalue weighted by Gasteiger charge is -2.27. The average Bonchev–Trinajstić information content (AvgIpc) is 2.33. The minimum Gasteiger partial charge on any atom is -0.507 e. The normalized spacial score (nSPS) is 20.2. The number of aromatic carboxylic acids is 1. The molecule has 0 unspecified atom stereocenters. The summed E-state index contributed by atoms with van der Waals surface area (Å²) in [5.41, 5.74) is 1.33. The number of piperazine rings is 1. The number of aryl methyl sites for hydroxylation is 1. The van der Waals surface area contributed by atoms with Crippen molar-refractivity contribution in [2.45, 2.75) is 13.0 Å². The standard InChI is InChI=1S/C12H16N2O3/c1-7-2-3-8(12(16)17)10(11(7)15)9-6-13-4-5-14-9/h2-3,9,13-15H,4-6H2,1H3,(H,16,17)/t9-/m1/s1. The quantitative estimate of drug-likeness (QED) is 0.605. The van der Waals surface area contributed by atoms with Crippen LogP contribution < -0.4 is 10.6 Å². The monoisotopic (exact) mass is 236 g/mol. The van der Waals surface area contributed by atoms with Crippen molar-refractivity contribution in [3.8, 4) is 5.75 Å². The van der Waals surface area contributed by atoms with Crippen LogP contribution in [0, 0.1) is 6.92 Å². The number of hydrogen-bond donors (Lipinski definition) is 4. The molecule has 17 heavy (non-hydrogen) atoms. The van der Waals surface area contributed by atoms with E-state index < -0.39 is 5.97 Å². The van der Waals surface area contributed by atoms with Crippen molar-refractivity contribution in [1.82, 2.24) is 10.6 Å². The minimum absolute atomic E-state index is 0.0751. The maximum Gasteiger partial charge on any atom is 0.336 e. The first-order valence-corrected chi connectivity index (χ1v) is 5.61. The van der Waals surface area contributed by atoms with E-state index in [4.69, 9.17) is 5.11 Å². The van der Waals surface area contributed by atoms with Gasteiger partial charge in [0.1, 0.15) is 5.75 Å². The van der Waals surface area contributed by atoms with Gasteiger partial charge in [-0.25, -0.2) is 4.79 Å². The van der Waals surface area contributed by atoms with Crippen LogP contribution in [0.25, 0.3) is 0 Å². The predicted octanol–water partition coefficient (Wildman–Crippen LogP) is 0.633. The summed E-state index contributed by atoms with van der Waals surface area (Å²) in [6.07, 6.45) is 0. The Morgan fingerprint density at radius 2 is 2.18 bits per heavy atom.